The number of likely N-dealkylation sites (N-methyl/N-ethyl adjacent to an activating group) is 1. The summed E-state index contributed by atoms with van der Waals surface area (Å²) in [5.41, 5.74) is 2.85. The van der Waals surface area contributed by atoms with Crippen LogP contribution in [0.3, 0.4) is 0 Å². The van der Waals surface area contributed by atoms with Crippen LogP contribution >= 0.6 is 11.8 Å². The van der Waals surface area contributed by atoms with Gasteiger partial charge in [-0.2, -0.15) is 0 Å². The van der Waals surface area contributed by atoms with Crippen LogP contribution in [-0.2, 0) is 9.59 Å². The Kier molecular flexibility index (Phi) is 5.51. The molecule has 1 heterocycles. The highest BCUT2D eigenvalue weighted by Gasteiger charge is 2.24. The fourth-order valence-corrected chi connectivity index (χ4v) is 3.62. The fourth-order valence-electron chi connectivity index (χ4n) is 2.69. The first kappa shape index (κ1) is 19.0. The van der Waals surface area contributed by atoms with Crippen LogP contribution in [0.5, 0.6) is 0 Å². The molecule has 140 valence electrons. The van der Waals surface area contributed by atoms with Gasteiger partial charge >= 0.3 is 0 Å². The number of amides is 3. The molecule has 0 radical (unpaired) electrons. The topological polar surface area (TPSA) is 78.5 Å². The maximum Gasteiger partial charge on any atom is 0.254 e. The Bertz CT molecular complexity index is 896. The van der Waals surface area contributed by atoms with Crippen molar-refractivity contribution in [1.29, 1.82) is 0 Å². The normalized spacial score (nSPS) is 15.5. The fraction of sp³-hybridized carbons (Fsp3) is 0.250. The highest BCUT2D eigenvalue weighted by Crippen LogP contribution is 2.36. The Labute approximate surface area is 162 Å². The Morgan fingerprint density at radius 1 is 1.19 bits per heavy atom. The number of benzene rings is 2. The molecule has 3 amide bonds. The molecule has 0 aromatic heterocycles. The van der Waals surface area contributed by atoms with E-state index < -0.39 is 0 Å². The highest BCUT2D eigenvalue weighted by molar-refractivity contribution is 8.00. The number of rotatable bonds is 4. The van der Waals surface area contributed by atoms with Gasteiger partial charge in [-0.25, -0.2) is 0 Å². The number of hydrogen-bond donors (Lipinski definition) is 2. The number of nitrogens with zero attached hydrogens (tertiary/aromatic N) is 1. The Balaban J connectivity index is 1.65. The molecule has 0 bridgehead atoms. The summed E-state index contributed by atoms with van der Waals surface area (Å²) in [5.74, 6) is -0.636. The van der Waals surface area contributed by atoms with Gasteiger partial charge in [0.25, 0.3) is 5.91 Å². The lowest BCUT2D eigenvalue weighted by Gasteiger charge is -2.23. The average molecular weight is 383 g/mol. The first-order chi connectivity index (χ1) is 12.8. The molecule has 0 saturated carbocycles. The van der Waals surface area contributed by atoms with Crippen molar-refractivity contribution >= 4 is 40.9 Å². The molecule has 0 unspecified atom stereocenters. The summed E-state index contributed by atoms with van der Waals surface area (Å²) in [6, 6.07) is 12.6. The van der Waals surface area contributed by atoms with Crippen molar-refractivity contribution in [3.05, 3.63) is 53.6 Å². The lowest BCUT2D eigenvalue weighted by molar-refractivity contribution is -0.117. The van der Waals surface area contributed by atoms with Gasteiger partial charge in [0.05, 0.1) is 17.5 Å². The predicted octanol–water partition coefficient (Wildman–Crippen LogP) is 3.14. The summed E-state index contributed by atoms with van der Waals surface area (Å²) in [6.07, 6.45) is 0. The van der Waals surface area contributed by atoms with E-state index >= 15 is 0 Å². The predicted molar refractivity (Wildman–Crippen MR) is 107 cm³/mol. The zero-order valence-corrected chi connectivity index (χ0v) is 16.2. The third-order valence-corrected chi connectivity index (χ3v) is 5.40. The Morgan fingerprint density at radius 2 is 1.89 bits per heavy atom. The molecule has 0 saturated heterocycles. The second-order valence-corrected chi connectivity index (χ2v) is 7.92. The van der Waals surface area contributed by atoms with Gasteiger partial charge in [-0.3, -0.25) is 14.4 Å². The van der Waals surface area contributed by atoms with E-state index in [9.17, 15) is 14.4 Å². The zero-order chi connectivity index (χ0) is 19.6. The molecule has 3 rings (SSSR count). The number of aryl methyl sites for hydroxylation is 1. The van der Waals surface area contributed by atoms with E-state index in [-0.39, 0.29) is 29.5 Å². The van der Waals surface area contributed by atoms with Gasteiger partial charge in [-0.05, 0) is 44.2 Å². The van der Waals surface area contributed by atoms with E-state index in [1.165, 1.54) is 16.7 Å². The van der Waals surface area contributed by atoms with E-state index in [4.69, 9.17) is 0 Å². The van der Waals surface area contributed by atoms with Crippen molar-refractivity contribution in [3.8, 4) is 0 Å². The van der Waals surface area contributed by atoms with Crippen molar-refractivity contribution in [2.45, 2.75) is 24.0 Å². The maximum atomic E-state index is 12.6. The Morgan fingerprint density at radius 3 is 2.59 bits per heavy atom. The summed E-state index contributed by atoms with van der Waals surface area (Å²) < 4.78 is 0. The molecule has 2 N–H and O–H groups in total. The number of carbonyl (C=O) groups is 3. The molecule has 6 nitrogen and oxygen atoms in total. The van der Waals surface area contributed by atoms with Crippen molar-refractivity contribution < 1.29 is 14.4 Å². The molecule has 2 aromatic rings. The summed E-state index contributed by atoms with van der Waals surface area (Å²) in [4.78, 5) is 38.9. The number of fused-ring (bicyclic) bond motifs is 1. The van der Waals surface area contributed by atoms with Crippen molar-refractivity contribution in [2.24, 2.45) is 0 Å². The second-order valence-electron chi connectivity index (χ2n) is 6.54. The molecule has 0 aliphatic carbocycles. The SMILES string of the molecule is Cc1ccc(NC(=O)CN(C)C(=O)c2ccc3c(c2)NC(=O)[C@H](C)S3)cc1. The largest absolute Gasteiger partial charge is 0.332 e. The standard InChI is InChI=1S/C20H21N3O3S/c1-12-4-7-15(8-5-12)21-18(24)11-23(3)20(26)14-6-9-17-16(10-14)22-19(25)13(2)27-17/h4-10,13H,11H2,1-3H3,(H,21,24)(H,22,25)/t13-/m0/s1. The van der Waals surface area contributed by atoms with Crippen LogP contribution in [0.4, 0.5) is 11.4 Å². The first-order valence-electron chi connectivity index (χ1n) is 8.57. The maximum absolute atomic E-state index is 12.6. The van der Waals surface area contributed by atoms with Crippen LogP contribution in [0.1, 0.15) is 22.8 Å². The number of carbonyl (C=O) groups excluding carboxylic acids is 3. The van der Waals surface area contributed by atoms with Crippen LogP contribution in [0.25, 0.3) is 0 Å². The quantitative estimate of drug-likeness (QED) is 0.850. The van der Waals surface area contributed by atoms with Gasteiger partial charge in [0.1, 0.15) is 0 Å². The van der Waals surface area contributed by atoms with Crippen LogP contribution in [0, 0.1) is 6.92 Å². The van der Waals surface area contributed by atoms with Crippen LogP contribution < -0.4 is 10.6 Å². The molecule has 7 heteroatoms. The average Bonchev–Trinajstić information content (AvgIpc) is 2.63. The molecular formula is C20H21N3O3S. The number of nitrogens with one attached hydrogen (secondary N) is 2. The number of hydrogen-bond acceptors (Lipinski definition) is 4. The zero-order valence-electron chi connectivity index (χ0n) is 15.4. The summed E-state index contributed by atoms with van der Waals surface area (Å²) in [7, 11) is 1.58. The van der Waals surface area contributed by atoms with Gasteiger partial charge in [-0.15, -0.1) is 11.8 Å². The van der Waals surface area contributed by atoms with Crippen molar-refractivity contribution in [2.75, 3.05) is 24.2 Å². The smallest absolute Gasteiger partial charge is 0.254 e. The molecule has 1 aliphatic heterocycles. The molecule has 27 heavy (non-hydrogen) atoms. The third kappa shape index (κ3) is 4.49. The molecule has 2 aromatic carbocycles. The van der Waals surface area contributed by atoms with Crippen LogP contribution in [0.2, 0.25) is 0 Å². The number of thioether (sulfide) groups is 1. The molecule has 0 fully saturated rings. The highest BCUT2D eigenvalue weighted by atomic mass is 32.2. The minimum atomic E-state index is -0.283. The van der Waals surface area contributed by atoms with E-state index in [1.54, 1.807) is 19.2 Å². The summed E-state index contributed by atoms with van der Waals surface area (Å²) in [6.45, 7) is 3.74. The lowest BCUT2D eigenvalue weighted by atomic mass is 10.1. The molecule has 1 atom stereocenters. The molecular weight excluding hydrogens is 362 g/mol. The van der Waals surface area contributed by atoms with Crippen molar-refractivity contribution in [1.82, 2.24) is 4.90 Å². The molecule has 1 aliphatic rings. The third-order valence-electron chi connectivity index (χ3n) is 4.22. The van der Waals surface area contributed by atoms with E-state index in [0.717, 1.165) is 10.5 Å². The van der Waals surface area contributed by atoms with E-state index in [0.29, 0.717) is 16.9 Å². The van der Waals surface area contributed by atoms with Gasteiger partial charge < -0.3 is 15.5 Å². The summed E-state index contributed by atoms with van der Waals surface area (Å²) >= 11 is 1.46. The lowest BCUT2D eigenvalue weighted by Crippen LogP contribution is -2.35. The van der Waals surface area contributed by atoms with Gasteiger partial charge in [0, 0.05) is 23.2 Å². The first-order valence-corrected chi connectivity index (χ1v) is 9.45. The van der Waals surface area contributed by atoms with Crippen molar-refractivity contribution in [3.63, 3.8) is 0 Å². The van der Waals surface area contributed by atoms with Gasteiger partial charge in [-0.1, -0.05) is 17.7 Å². The van der Waals surface area contributed by atoms with Gasteiger partial charge in [0.15, 0.2) is 0 Å². The van der Waals surface area contributed by atoms with Crippen LogP contribution in [-0.4, -0.2) is 41.5 Å². The minimum Gasteiger partial charge on any atom is -0.332 e. The Hall–Kier alpha value is -2.80. The second kappa shape index (κ2) is 7.84. The van der Waals surface area contributed by atoms with E-state index in [2.05, 4.69) is 10.6 Å². The minimum absolute atomic E-state index is 0.0675. The monoisotopic (exact) mass is 383 g/mol. The number of anilines is 2. The van der Waals surface area contributed by atoms with E-state index in [1.807, 2.05) is 44.2 Å². The van der Waals surface area contributed by atoms with Gasteiger partial charge in [0.2, 0.25) is 11.8 Å². The van der Waals surface area contributed by atoms with Crippen LogP contribution in [0.15, 0.2) is 47.4 Å². The summed E-state index contributed by atoms with van der Waals surface area (Å²) in [5, 5.41) is 5.43. The molecule has 0 spiro atoms.